The zero-order valence-electron chi connectivity index (χ0n) is 11.0. The standard InChI is InChI=1S/C14H21N3O/c1-3-7-17-8-5-12(6-9-17)15-11-14-16-10-13(4-2)18-14/h1,10,12,15H,4-9,11H2,2H3. The van der Waals surface area contributed by atoms with Gasteiger partial charge in [0.1, 0.15) is 5.76 Å². The van der Waals surface area contributed by atoms with E-state index in [1.54, 1.807) is 0 Å². The zero-order chi connectivity index (χ0) is 12.8. The number of nitrogens with zero attached hydrogens (tertiary/aromatic N) is 2. The molecule has 1 aliphatic heterocycles. The molecule has 0 saturated carbocycles. The number of hydrogen-bond donors (Lipinski definition) is 1. The zero-order valence-corrected chi connectivity index (χ0v) is 11.0. The van der Waals surface area contributed by atoms with Crippen molar-refractivity contribution in [1.82, 2.24) is 15.2 Å². The fraction of sp³-hybridized carbons (Fsp3) is 0.643. The number of terminal acetylenes is 1. The monoisotopic (exact) mass is 247 g/mol. The molecule has 0 atom stereocenters. The van der Waals surface area contributed by atoms with E-state index in [-0.39, 0.29) is 0 Å². The molecule has 0 spiro atoms. The van der Waals surface area contributed by atoms with Gasteiger partial charge in [-0.25, -0.2) is 4.98 Å². The smallest absolute Gasteiger partial charge is 0.208 e. The maximum Gasteiger partial charge on any atom is 0.208 e. The summed E-state index contributed by atoms with van der Waals surface area (Å²) < 4.78 is 5.57. The number of piperidine rings is 1. The van der Waals surface area contributed by atoms with Gasteiger partial charge in [0.25, 0.3) is 0 Å². The Morgan fingerprint density at radius 3 is 2.94 bits per heavy atom. The molecule has 18 heavy (non-hydrogen) atoms. The molecule has 1 aromatic rings. The van der Waals surface area contributed by atoms with Crippen molar-refractivity contribution in [2.75, 3.05) is 19.6 Å². The van der Waals surface area contributed by atoms with Gasteiger partial charge in [-0.3, -0.25) is 4.90 Å². The van der Waals surface area contributed by atoms with Gasteiger partial charge >= 0.3 is 0 Å². The molecule has 1 N–H and O–H groups in total. The van der Waals surface area contributed by atoms with Crippen LogP contribution < -0.4 is 5.32 Å². The Balaban J connectivity index is 1.70. The minimum atomic E-state index is 0.552. The highest BCUT2D eigenvalue weighted by Gasteiger charge is 2.18. The van der Waals surface area contributed by atoms with Crippen LogP contribution in [0.1, 0.15) is 31.4 Å². The van der Waals surface area contributed by atoms with Crippen molar-refractivity contribution in [1.29, 1.82) is 0 Å². The summed E-state index contributed by atoms with van der Waals surface area (Å²) in [6, 6.07) is 0.552. The summed E-state index contributed by atoms with van der Waals surface area (Å²) in [7, 11) is 0. The minimum Gasteiger partial charge on any atom is -0.444 e. The fourth-order valence-electron chi connectivity index (χ4n) is 2.25. The summed E-state index contributed by atoms with van der Waals surface area (Å²) in [4.78, 5) is 6.57. The first-order chi connectivity index (χ1) is 8.81. The normalized spacial score (nSPS) is 17.8. The predicted molar refractivity (Wildman–Crippen MR) is 71.0 cm³/mol. The Hall–Kier alpha value is -1.31. The van der Waals surface area contributed by atoms with Crippen molar-refractivity contribution in [3.63, 3.8) is 0 Å². The Bertz CT molecular complexity index is 399. The quantitative estimate of drug-likeness (QED) is 0.799. The lowest BCUT2D eigenvalue weighted by Gasteiger charge is -2.30. The highest BCUT2D eigenvalue weighted by Crippen LogP contribution is 2.11. The highest BCUT2D eigenvalue weighted by atomic mass is 16.4. The van der Waals surface area contributed by atoms with E-state index >= 15 is 0 Å². The lowest BCUT2D eigenvalue weighted by atomic mass is 10.1. The molecule has 0 aliphatic carbocycles. The maximum absolute atomic E-state index is 5.57. The van der Waals surface area contributed by atoms with Crippen LogP contribution in [0.2, 0.25) is 0 Å². The Morgan fingerprint density at radius 2 is 2.33 bits per heavy atom. The number of likely N-dealkylation sites (tertiary alicyclic amines) is 1. The molecular weight excluding hydrogens is 226 g/mol. The summed E-state index contributed by atoms with van der Waals surface area (Å²) in [5.74, 6) is 4.44. The summed E-state index contributed by atoms with van der Waals surface area (Å²) in [6.07, 6.45) is 10.3. The van der Waals surface area contributed by atoms with Crippen molar-refractivity contribution < 1.29 is 4.42 Å². The van der Waals surface area contributed by atoms with E-state index < -0.39 is 0 Å². The van der Waals surface area contributed by atoms with Gasteiger partial charge in [-0.05, 0) is 12.8 Å². The first kappa shape index (κ1) is 13.1. The topological polar surface area (TPSA) is 41.3 Å². The molecule has 0 unspecified atom stereocenters. The van der Waals surface area contributed by atoms with Crippen LogP contribution in [0.25, 0.3) is 0 Å². The molecule has 0 aromatic carbocycles. The highest BCUT2D eigenvalue weighted by molar-refractivity contribution is 4.94. The SMILES string of the molecule is C#CCN1CCC(NCc2ncc(CC)o2)CC1. The second-order valence-corrected chi connectivity index (χ2v) is 4.71. The van der Waals surface area contributed by atoms with Gasteiger partial charge in [0.2, 0.25) is 5.89 Å². The number of aromatic nitrogens is 1. The third kappa shape index (κ3) is 3.59. The Morgan fingerprint density at radius 1 is 1.56 bits per heavy atom. The van der Waals surface area contributed by atoms with E-state index in [0.29, 0.717) is 6.04 Å². The van der Waals surface area contributed by atoms with Crippen LogP contribution in [0, 0.1) is 12.3 Å². The van der Waals surface area contributed by atoms with Gasteiger partial charge in [-0.15, -0.1) is 6.42 Å². The number of nitrogens with one attached hydrogen (secondary N) is 1. The van der Waals surface area contributed by atoms with Gasteiger partial charge in [-0.1, -0.05) is 12.8 Å². The third-order valence-electron chi connectivity index (χ3n) is 3.39. The number of hydrogen-bond acceptors (Lipinski definition) is 4. The molecule has 4 heteroatoms. The Kier molecular flexibility index (Phi) is 4.80. The second kappa shape index (κ2) is 6.58. The van der Waals surface area contributed by atoms with Gasteiger partial charge in [0, 0.05) is 25.6 Å². The summed E-state index contributed by atoms with van der Waals surface area (Å²) in [5.41, 5.74) is 0. The number of oxazole rings is 1. The van der Waals surface area contributed by atoms with Gasteiger partial charge < -0.3 is 9.73 Å². The number of aryl methyl sites for hydroxylation is 1. The average Bonchev–Trinajstić information content (AvgIpc) is 2.86. The maximum atomic E-state index is 5.57. The van der Waals surface area contributed by atoms with Crippen LogP contribution in [0.4, 0.5) is 0 Å². The van der Waals surface area contributed by atoms with Crippen molar-refractivity contribution in [2.24, 2.45) is 0 Å². The van der Waals surface area contributed by atoms with Crippen LogP contribution in [-0.2, 0) is 13.0 Å². The van der Waals surface area contributed by atoms with E-state index in [1.807, 2.05) is 6.20 Å². The molecule has 4 nitrogen and oxygen atoms in total. The molecule has 0 amide bonds. The minimum absolute atomic E-state index is 0.552. The molecular formula is C14H21N3O. The van der Waals surface area contributed by atoms with E-state index in [9.17, 15) is 0 Å². The van der Waals surface area contributed by atoms with Crippen LogP contribution in [0.15, 0.2) is 10.6 Å². The van der Waals surface area contributed by atoms with Crippen molar-refractivity contribution >= 4 is 0 Å². The van der Waals surface area contributed by atoms with Gasteiger partial charge in [0.15, 0.2) is 0 Å². The summed E-state index contributed by atoms with van der Waals surface area (Å²) in [5, 5.41) is 3.50. The third-order valence-corrected chi connectivity index (χ3v) is 3.39. The molecule has 2 rings (SSSR count). The molecule has 1 fully saturated rings. The van der Waals surface area contributed by atoms with Crippen LogP contribution in [0.3, 0.4) is 0 Å². The van der Waals surface area contributed by atoms with Crippen LogP contribution >= 0.6 is 0 Å². The van der Waals surface area contributed by atoms with Gasteiger partial charge in [-0.2, -0.15) is 0 Å². The van der Waals surface area contributed by atoms with Crippen molar-refractivity contribution in [3.8, 4) is 12.3 Å². The molecule has 1 aliphatic rings. The summed E-state index contributed by atoms with van der Waals surface area (Å²) >= 11 is 0. The lowest BCUT2D eigenvalue weighted by molar-refractivity contribution is 0.214. The first-order valence-electron chi connectivity index (χ1n) is 6.64. The Labute approximate surface area is 109 Å². The van der Waals surface area contributed by atoms with E-state index in [1.165, 1.54) is 0 Å². The van der Waals surface area contributed by atoms with Crippen molar-refractivity contribution in [3.05, 3.63) is 17.8 Å². The second-order valence-electron chi connectivity index (χ2n) is 4.71. The first-order valence-corrected chi connectivity index (χ1v) is 6.64. The molecule has 0 radical (unpaired) electrons. The van der Waals surface area contributed by atoms with E-state index in [2.05, 4.69) is 28.0 Å². The summed E-state index contributed by atoms with van der Waals surface area (Å²) in [6.45, 7) is 5.71. The molecule has 98 valence electrons. The number of rotatable bonds is 5. The molecule has 1 saturated heterocycles. The molecule has 0 bridgehead atoms. The van der Waals surface area contributed by atoms with E-state index in [4.69, 9.17) is 10.8 Å². The predicted octanol–water partition coefficient (Wildman–Crippen LogP) is 1.42. The fourth-order valence-corrected chi connectivity index (χ4v) is 2.25. The lowest BCUT2D eigenvalue weighted by Crippen LogP contribution is -2.42. The van der Waals surface area contributed by atoms with Gasteiger partial charge in [0.05, 0.1) is 19.3 Å². The van der Waals surface area contributed by atoms with Crippen molar-refractivity contribution in [2.45, 2.75) is 38.8 Å². The van der Waals surface area contributed by atoms with E-state index in [0.717, 1.165) is 57.1 Å². The van der Waals surface area contributed by atoms with Crippen LogP contribution in [-0.4, -0.2) is 35.6 Å². The average molecular weight is 247 g/mol. The largest absolute Gasteiger partial charge is 0.444 e. The molecule has 1 aromatic heterocycles. The molecule has 2 heterocycles. The van der Waals surface area contributed by atoms with Crippen LogP contribution in [0.5, 0.6) is 0 Å².